The molecule has 12 rings (SSSR count). The maximum Gasteiger partial charge on any atom is 2.00 e. The normalized spacial score (nSPS) is 11.3. The fourth-order valence-electron chi connectivity index (χ4n) is 7.89. The molecule has 0 saturated heterocycles. The molecular weight excluding hydrogens is 1130 g/mol. The Labute approximate surface area is 375 Å². The van der Waals surface area contributed by atoms with E-state index in [2.05, 4.69) is 83.4 Å². The Hall–Kier alpha value is -7.13. The molecule has 0 atom stereocenters. The molecule has 12 aromatic rings. The number of ether oxygens (including phenoxy) is 2. The van der Waals surface area contributed by atoms with Crippen molar-refractivity contribution in [3.8, 4) is 40.6 Å². The summed E-state index contributed by atoms with van der Waals surface area (Å²) in [7, 11) is 0. The quantitative estimate of drug-likeness (QED) is 0.144. The molecule has 6 aromatic heterocycles. The van der Waals surface area contributed by atoms with E-state index in [0.29, 0.717) is 51.6 Å². The molecule has 6 heterocycles. The second-order valence-electron chi connectivity index (χ2n) is 13.6. The summed E-state index contributed by atoms with van der Waals surface area (Å²) in [6, 6.07) is 46.0. The first-order chi connectivity index (χ1) is 29.2. The van der Waals surface area contributed by atoms with Crippen molar-refractivity contribution in [1.82, 2.24) is 48.6 Å². The van der Waals surface area contributed by atoms with E-state index in [1.807, 2.05) is 86.5 Å². The van der Waals surface area contributed by atoms with Crippen LogP contribution in [0.15, 0.2) is 147 Å². The van der Waals surface area contributed by atoms with Crippen LogP contribution in [0.25, 0.3) is 83.0 Å². The van der Waals surface area contributed by atoms with E-state index < -0.39 is 0 Å². The molecular formula is C47H24N10O2Pt2. The minimum atomic E-state index is 0. The van der Waals surface area contributed by atoms with Gasteiger partial charge in [-0.1, -0.05) is 58.5 Å². The molecule has 0 radical (unpaired) electrons. The molecule has 0 fully saturated rings. The van der Waals surface area contributed by atoms with E-state index in [-0.39, 0.29) is 42.1 Å². The van der Waals surface area contributed by atoms with E-state index >= 15 is 0 Å². The zero-order chi connectivity index (χ0) is 38.9. The summed E-state index contributed by atoms with van der Waals surface area (Å²) in [6.45, 7) is 0. The van der Waals surface area contributed by atoms with Crippen LogP contribution in [-0.2, 0) is 42.1 Å². The number of fused-ring (bicyclic) bond motifs is 9. The van der Waals surface area contributed by atoms with E-state index in [0.717, 1.165) is 54.4 Å². The van der Waals surface area contributed by atoms with Gasteiger partial charge in [0, 0.05) is 58.8 Å². The van der Waals surface area contributed by atoms with Gasteiger partial charge in [0.2, 0.25) is 5.95 Å². The molecule has 0 aliphatic rings. The second kappa shape index (κ2) is 15.5. The number of para-hydroxylation sites is 2. The first-order valence-corrected chi connectivity index (χ1v) is 18.6. The SMILES string of the molecule is [Pt+2].[Pt+2].[c-]1c(Oc2[c-]c3c(cc2)c2ccccc2n3-c2cnccn2)ccc2c3ccc(Oc4[c-]c5c(cc4)c4ccccc4n5-c4cnccn4)[c-]c3n(-c3ncncn3)c12. The predicted octanol–water partition coefficient (Wildman–Crippen LogP) is 9.52. The maximum atomic E-state index is 6.49. The van der Waals surface area contributed by atoms with Gasteiger partial charge in [-0.25, -0.2) is 24.9 Å². The average Bonchev–Trinajstić information content (AvgIpc) is 3.92. The average molecular weight is 1150 g/mol. The number of nitrogens with zero attached hydrogens (tertiary/aromatic N) is 10. The Morgan fingerprint density at radius 1 is 0.377 bits per heavy atom. The summed E-state index contributed by atoms with van der Waals surface area (Å²) < 4.78 is 18.9. The Kier molecular flexibility index (Phi) is 9.66. The van der Waals surface area contributed by atoms with Gasteiger partial charge in [-0.15, -0.1) is 59.3 Å². The van der Waals surface area contributed by atoms with Crippen LogP contribution < -0.4 is 9.47 Å². The molecule has 12 nitrogen and oxygen atoms in total. The minimum absolute atomic E-state index is 0. The number of hydrogen-bond donors (Lipinski definition) is 0. The van der Waals surface area contributed by atoms with Gasteiger partial charge in [-0.05, 0) is 22.9 Å². The molecule has 0 bridgehead atoms. The van der Waals surface area contributed by atoms with Gasteiger partial charge >= 0.3 is 42.1 Å². The zero-order valence-electron chi connectivity index (χ0n) is 31.3. The molecule has 294 valence electrons. The third-order valence-electron chi connectivity index (χ3n) is 10.3. The molecule has 14 heteroatoms. The Morgan fingerprint density at radius 3 is 1.18 bits per heavy atom. The predicted molar refractivity (Wildman–Crippen MR) is 222 cm³/mol. The monoisotopic (exact) mass is 1150 g/mol. The molecule has 0 unspecified atom stereocenters. The molecule has 0 aliphatic carbocycles. The number of hydrogen-bond acceptors (Lipinski definition) is 9. The summed E-state index contributed by atoms with van der Waals surface area (Å²) in [4.78, 5) is 30.9. The minimum Gasteiger partial charge on any atom is -0.509 e. The molecule has 61 heavy (non-hydrogen) atoms. The van der Waals surface area contributed by atoms with Crippen molar-refractivity contribution in [3.63, 3.8) is 0 Å². The van der Waals surface area contributed by atoms with Gasteiger partial charge in [0.1, 0.15) is 12.7 Å². The van der Waals surface area contributed by atoms with E-state index in [1.165, 1.54) is 12.7 Å². The van der Waals surface area contributed by atoms with Gasteiger partial charge in [0.05, 0.1) is 12.4 Å². The second-order valence-corrected chi connectivity index (χ2v) is 13.6. The number of aromatic nitrogens is 10. The molecule has 0 saturated carbocycles. The summed E-state index contributed by atoms with van der Waals surface area (Å²) >= 11 is 0. The summed E-state index contributed by atoms with van der Waals surface area (Å²) in [6.07, 6.45) is 13.1. The van der Waals surface area contributed by atoms with Gasteiger partial charge in [-0.2, -0.15) is 35.0 Å². The van der Waals surface area contributed by atoms with Gasteiger partial charge in [0.25, 0.3) is 0 Å². The third-order valence-corrected chi connectivity index (χ3v) is 10.3. The Balaban J connectivity index is 0.00000223. The van der Waals surface area contributed by atoms with Crippen LogP contribution in [-0.4, -0.2) is 48.6 Å². The van der Waals surface area contributed by atoms with Crippen molar-refractivity contribution in [2.45, 2.75) is 0 Å². The van der Waals surface area contributed by atoms with Crippen molar-refractivity contribution in [2.75, 3.05) is 0 Å². The van der Waals surface area contributed by atoms with E-state index in [1.54, 1.807) is 37.2 Å². The van der Waals surface area contributed by atoms with Gasteiger partial charge in [0.15, 0.2) is 11.6 Å². The fourth-order valence-corrected chi connectivity index (χ4v) is 7.89. The summed E-state index contributed by atoms with van der Waals surface area (Å²) in [5, 5.41) is 6.00. The topological polar surface area (TPSA) is 123 Å². The maximum absolute atomic E-state index is 6.49. The van der Waals surface area contributed by atoms with Crippen LogP contribution in [0, 0.1) is 24.3 Å². The van der Waals surface area contributed by atoms with Crippen LogP contribution >= 0.6 is 0 Å². The molecule has 0 N–H and O–H groups in total. The van der Waals surface area contributed by atoms with Gasteiger partial charge < -0.3 is 23.2 Å². The van der Waals surface area contributed by atoms with Crippen LogP contribution in [0.5, 0.6) is 23.0 Å². The standard InChI is InChI=1S/C47H24N10O2.2Pt/c1-3-7-39-33(5-1)35-13-9-29(21-41(35)55(39)45-25-48-17-19-51-45)58-31-11-15-37-38-16-12-32(24-44(38)57(43(37)23-31)47-53-27-50-28-54-47)59-30-10-14-36-34-6-2-4-8-40(34)56(42(36)22-30)46-26-49-18-20-52-46;;/h1-20,25-28H;;/q-4;2*+2. The van der Waals surface area contributed by atoms with Crippen LogP contribution in [0.1, 0.15) is 0 Å². The van der Waals surface area contributed by atoms with Crippen molar-refractivity contribution in [2.24, 2.45) is 0 Å². The molecule has 0 spiro atoms. The van der Waals surface area contributed by atoms with Crippen LogP contribution in [0.4, 0.5) is 0 Å². The molecule has 6 aromatic carbocycles. The first-order valence-electron chi connectivity index (χ1n) is 18.6. The summed E-state index contributed by atoms with van der Waals surface area (Å²) in [5.41, 5.74) is 5.00. The van der Waals surface area contributed by atoms with Crippen molar-refractivity contribution >= 4 is 65.4 Å². The summed E-state index contributed by atoms with van der Waals surface area (Å²) in [5.74, 6) is 3.74. The largest absolute Gasteiger partial charge is 2.00 e. The number of rotatable bonds is 7. The van der Waals surface area contributed by atoms with Crippen molar-refractivity contribution < 1.29 is 51.6 Å². The first kappa shape index (κ1) is 38.1. The smallest absolute Gasteiger partial charge is 0.509 e. The number of benzene rings is 6. The molecule has 0 aliphatic heterocycles. The van der Waals surface area contributed by atoms with Crippen molar-refractivity contribution in [1.29, 1.82) is 0 Å². The van der Waals surface area contributed by atoms with Crippen LogP contribution in [0.2, 0.25) is 0 Å². The van der Waals surface area contributed by atoms with Gasteiger partial charge in [-0.3, -0.25) is 9.97 Å². The third kappa shape index (κ3) is 6.34. The van der Waals surface area contributed by atoms with E-state index in [4.69, 9.17) is 9.47 Å². The zero-order valence-corrected chi connectivity index (χ0v) is 35.8. The Morgan fingerprint density at radius 2 is 0.770 bits per heavy atom. The Bertz CT molecular complexity index is 3360. The van der Waals surface area contributed by atoms with Crippen LogP contribution in [0.3, 0.4) is 0 Å². The van der Waals surface area contributed by atoms with Crippen molar-refractivity contribution in [3.05, 3.63) is 171 Å². The fraction of sp³-hybridized carbons (Fsp3) is 0. The molecule has 0 amide bonds. The van der Waals surface area contributed by atoms with E-state index in [9.17, 15) is 0 Å².